The highest BCUT2D eigenvalue weighted by Gasteiger charge is 2.30. The zero-order valence-corrected chi connectivity index (χ0v) is 14.4. The van der Waals surface area contributed by atoms with Crippen molar-refractivity contribution in [2.75, 3.05) is 32.9 Å². The zero-order chi connectivity index (χ0) is 18.1. The lowest BCUT2D eigenvalue weighted by molar-refractivity contribution is -0.0250. The molecule has 8 nitrogen and oxygen atoms in total. The van der Waals surface area contributed by atoms with Crippen LogP contribution in [0, 0.1) is 6.92 Å². The molecule has 26 heavy (non-hydrogen) atoms. The number of amides is 1. The number of morpholine rings is 1. The van der Waals surface area contributed by atoms with E-state index in [9.17, 15) is 9.59 Å². The fraction of sp³-hybridized carbons (Fsp3) is 0.389. The molecule has 4 rings (SSSR count). The van der Waals surface area contributed by atoms with Crippen LogP contribution in [0.1, 0.15) is 28.0 Å². The van der Waals surface area contributed by atoms with Gasteiger partial charge >= 0.3 is 0 Å². The van der Waals surface area contributed by atoms with Gasteiger partial charge < -0.3 is 24.1 Å². The molecule has 2 aliphatic rings. The van der Waals surface area contributed by atoms with Crippen LogP contribution in [0.4, 0.5) is 0 Å². The Hall–Kier alpha value is -2.87. The van der Waals surface area contributed by atoms with Gasteiger partial charge in [0.05, 0.1) is 24.4 Å². The summed E-state index contributed by atoms with van der Waals surface area (Å²) < 4.78 is 16.9. The molecular weight excluding hydrogens is 338 g/mol. The Kier molecular flexibility index (Phi) is 4.34. The van der Waals surface area contributed by atoms with Gasteiger partial charge in [0.2, 0.25) is 0 Å². The lowest BCUT2D eigenvalue weighted by Gasteiger charge is -2.33. The van der Waals surface area contributed by atoms with E-state index < -0.39 is 6.10 Å². The van der Waals surface area contributed by atoms with Crippen molar-refractivity contribution in [2.45, 2.75) is 13.0 Å². The summed E-state index contributed by atoms with van der Waals surface area (Å²) in [6.45, 7) is 3.75. The molecule has 1 fully saturated rings. The summed E-state index contributed by atoms with van der Waals surface area (Å²) in [5, 5.41) is 0. The molecule has 0 radical (unpaired) electrons. The van der Waals surface area contributed by atoms with Crippen molar-refractivity contribution in [3.05, 3.63) is 51.7 Å². The van der Waals surface area contributed by atoms with Crippen LogP contribution in [-0.4, -0.2) is 53.7 Å². The van der Waals surface area contributed by atoms with Crippen molar-refractivity contribution in [1.82, 2.24) is 14.9 Å². The number of nitrogens with zero attached hydrogens (tertiary/aromatic N) is 2. The molecule has 0 aliphatic carbocycles. The lowest BCUT2D eigenvalue weighted by atomic mass is 10.1. The first-order valence-corrected chi connectivity index (χ1v) is 8.49. The second kappa shape index (κ2) is 6.80. The number of ether oxygens (including phenoxy) is 3. The first kappa shape index (κ1) is 16.6. The van der Waals surface area contributed by atoms with Crippen LogP contribution in [0.3, 0.4) is 0 Å². The number of rotatable bonds is 2. The Labute approximate surface area is 149 Å². The van der Waals surface area contributed by atoms with E-state index in [1.165, 1.54) is 6.07 Å². The summed E-state index contributed by atoms with van der Waals surface area (Å²) in [4.78, 5) is 33.4. The number of hydrogen-bond acceptors (Lipinski definition) is 6. The lowest BCUT2D eigenvalue weighted by Crippen LogP contribution is -2.43. The standard InChI is InChI=1S/C18H19N3O5/c1-11-19-13(9-16(22)20-11)15-10-21(5-6-24-15)18(23)12-3-2-4-14-17(12)26-8-7-25-14/h2-4,9,15H,5-8,10H2,1H3,(H,19,20,22)/t15-/m1/s1. The third-order valence-electron chi connectivity index (χ3n) is 4.36. The van der Waals surface area contributed by atoms with Gasteiger partial charge in [-0.2, -0.15) is 0 Å². The Morgan fingerprint density at radius 2 is 2.12 bits per heavy atom. The van der Waals surface area contributed by atoms with E-state index in [-0.39, 0.29) is 11.5 Å². The quantitative estimate of drug-likeness (QED) is 0.864. The van der Waals surface area contributed by atoms with Crippen molar-refractivity contribution >= 4 is 5.91 Å². The highest BCUT2D eigenvalue weighted by Crippen LogP contribution is 2.35. The molecule has 2 aromatic rings. The number of para-hydroxylation sites is 1. The van der Waals surface area contributed by atoms with Crippen molar-refractivity contribution in [2.24, 2.45) is 0 Å². The summed E-state index contributed by atoms with van der Waals surface area (Å²) in [7, 11) is 0. The average molecular weight is 357 g/mol. The molecule has 1 aromatic heterocycles. The number of nitrogens with one attached hydrogen (secondary N) is 1. The van der Waals surface area contributed by atoms with E-state index in [0.717, 1.165) is 0 Å². The van der Waals surface area contributed by atoms with Gasteiger partial charge in [-0.1, -0.05) is 6.07 Å². The maximum Gasteiger partial charge on any atom is 0.257 e. The normalized spacial score (nSPS) is 19.3. The SMILES string of the molecule is Cc1nc([C@H]2CN(C(=O)c3cccc4c3OCCO4)CCO2)cc(=O)[nH]1. The summed E-state index contributed by atoms with van der Waals surface area (Å²) in [5.41, 5.74) is 0.763. The molecule has 3 heterocycles. The number of carbonyl (C=O) groups excluding carboxylic acids is 1. The van der Waals surface area contributed by atoms with Gasteiger partial charge in [-0.3, -0.25) is 9.59 Å². The molecule has 0 unspecified atom stereocenters. The Bertz CT molecular complexity index is 895. The summed E-state index contributed by atoms with van der Waals surface area (Å²) in [6.07, 6.45) is -0.439. The van der Waals surface area contributed by atoms with Crippen molar-refractivity contribution in [3.63, 3.8) is 0 Å². The Morgan fingerprint density at radius 3 is 2.96 bits per heavy atom. The van der Waals surface area contributed by atoms with Crippen molar-refractivity contribution in [3.8, 4) is 11.5 Å². The molecule has 1 N–H and O–H groups in total. The molecule has 136 valence electrons. The Balaban J connectivity index is 1.58. The predicted molar refractivity (Wildman–Crippen MR) is 91.6 cm³/mol. The molecule has 1 aromatic carbocycles. The Morgan fingerprint density at radius 1 is 1.27 bits per heavy atom. The van der Waals surface area contributed by atoms with Gasteiger partial charge in [-0.15, -0.1) is 0 Å². The number of fused-ring (bicyclic) bond motifs is 1. The highest BCUT2D eigenvalue weighted by atomic mass is 16.6. The van der Waals surface area contributed by atoms with Gasteiger partial charge in [-0.05, 0) is 19.1 Å². The molecule has 0 bridgehead atoms. The monoisotopic (exact) mass is 357 g/mol. The first-order valence-electron chi connectivity index (χ1n) is 8.49. The predicted octanol–water partition coefficient (Wildman–Crippen LogP) is 1.06. The van der Waals surface area contributed by atoms with Crippen LogP contribution >= 0.6 is 0 Å². The zero-order valence-electron chi connectivity index (χ0n) is 14.4. The van der Waals surface area contributed by atoms with Crippen molar-refractivity contribution < 1.29 is 19.0 Å². The minimum atomic E-state index is -0.439. The number of aryl methyl sites for hydroxylation is 1. The first-order chi connectivity index (χ1) is 12.6. The molecule has 1 amide bonds. The van der Waals surface area contributed by atoms with E-state index in [1.54, 1.807) is 30.0 Å². The second-order valence-corrected chi connectivity index (χ2v) is 6.20. The van der Waals surface area contributed by atoms with Gasteiger partial charge in [-0.25, -0.2) is 4.98 Å². The van der Waals surface area contributed by atoms with Gasteiger partial charge in [0.1, 0.15) is 25.1 Å². The fourth-order valence-electron chi connectivity index (χ4n) is 3.19. The number of benzene rings is 1. The van der Waals surface area contributed by atoms with Gasteiger partial charge in [0.25, 0.3) is 11.5 Å². The maximum absolute atomic E-state index is 13.0. The number of H-pyrrole nitrogens is 1. The fourth-order valence-corrected chi connectivity index (χ4v) is 3.19. The number of aromatic amines is 1. The minimum Gasteiger partial charge on any atom is -0.486 e. The molecule has 1 saturated heterocycles. The molecule has 8 heteroatoms. The molecular formula is C18H19N3O5. The number of carbonyl (C=O) groups is 1. The highest BCUT2D eigenvalue weighted by molar-refractivity contribution is 5.98. The summed E-state index contributed by atoms with van der Waals surface area (Å²) in [5.74, 6) is 1.43. The number of aromatic nitrogens is 2. The maximum atomic E-state index is 13.0. The smallest absolute Gasteiger partial charge is 0.257 e. The molecule has 0 spiro atoms. The molecule has 2 aliphatic heterocycles. The van der Waals surface area contributed by atoms with Gasteiger partial charge in [0, 0.05) is 12.6 Å². The van der Waals surface area contributed by atoms with Gasteiger partial charge in [0.15, 0.2) is 11.5 Å². The third kappa shape index (κ3) is 3.15. The minimum absolute atomic E-state index is 0.151. The van der Waals surface area contributed by atoms with Crippen LogP contribution in [0.15, 0.2) is 29.1 Å². The largest absolute Gasteiger partial charge is 0.486 e. The summed E-state index contributed by atoms with van der Waals surface area (Å²) >= 11 is 0. The van der Waals surface area contributed by atoms with E-state index in [2.05, 4.69) is 9.97 Å². The molecule has 1 atom stereocenters. The second-order valence-electron chi connectivity index (χ2n) is 6.20. The summed E-state index contributed by atoms with van der Waals surface area (Å²) in [6, 6.07) is 6.71. The van der Waals surface area contributed by atoms with E-state index >= 15 is 0 Å². The topological polar surface area (TPSA) is 93.8 Å². The van der Waals surface area contributed by atoms with Crippen LogP contribution < -0.4 is 15.0 Å². The third-order valence-corrected chi connectivity index (χ3v) is 4.36. The van der Waals surface area contributed by atoms with Crippen LogP contribution in [0.5, 0.6) is 11.5 Å². The van der Waals surface area contributed by atoms with Crippen LogP contribution in [-0.2, 0) is 4.74 Å². The van der Waals surface area contributed by atoms with E-state index in [0.29, 0.717) is 61.5 Å². The van der Waals surface area contributed by atoms with Crippen LogP contribution in [0.25, 0.3) is 0 Å². The van der Waals surface area contributed by atoms with Crippen molar-refractivity contribution in [1.29, 1.82) is 0 Å². The average Bonchev–Trinajstić information content (AvgIpc) is 2.66. The van der Waals surface area contributed by atoms with E-state index in [4.69, 9.17) is 14.2 Å². The molecule has 0 saturated carbocycles. The van der Waals surface area contributed by atoms with Crippen LogP contribution in [0.2, 0.25) is 0 Å². The van der Waals surface area contributed by atoms with E-state index in [1.807, 2.05) is 0 Å². The number of hydrogen-bond donors (Lipinski definition) is 1.